The molecule has 2 rings (SSSR count). The first-order valence-electron chi connectivity index (χ1n) is 7.89. The van der Waals surface area contributed by atoms with Crippen LogP contribution < -0.4 is 9.47 Å². The highest BCUT2D eigenvalue weighted by Crippen LogP contribution is 2.39. The van der Waals surface area contributed by atoms with Gasteiger partial charge in [-0.05, 0) is 58.7 Å². The summed E-state index contributed by atoms with van der Waals surface area (Å²) in [5.74, 6) is 1.22. The van der Waals surface area contributed by atoms with Crippen molar-refractivity contribution in [2.24, 2.45) is 0 Å². The third kappa shape index (κ3) is 3.38. The zero-order valence-electron chi connectivity index (χ0n) is 15.5. The smallest absolute Gasteiger partial charge is 0.164 e. The van der Waals surface area contributed by atoms with Crippen LogP contribution in [0.3, 0.4) is 0 Å². The third-order valence-corrected chi connectivity index (χ3v) is 4.43. The molecule has 1 aliphatic rings. The fraction of sp³-hybridized carbons (Fsp3) is 0.579. The van der Waals surface area contributed by atoms with E-state index in [0.717, 1.165) is 33.8 Å². The summed E-state index contributed by atoms with van der Waals surface area (Å²) >= 11 is 0. The Hall–Kier alpha value is -1.52. The van der Waals surface area contributed by atoms with E-state index in [-0.39, 0.29) is 0 Å². The van der Waals surface area contributed by atoms with Crippen LogP contribution in [0.2, 0.25) is 0 Å². The highest BCUT2D eigenvalue weighted by molar-refractivity contribution is 5.69. The number of hydrogen-bond donors (Lipinski definition) is 0. The van der Waals surface area contributed by atoms with Crippen LogP contribution in [-0.4, -0.2) is 32.2 Å². The summed E-state index contributed by atoms with van der Waals surface area (Å²) in [7, 11) is 3.40. The van der Waals surface area contributed by atoms with E-state index in [1.54, 1.807) is 14.2 Å². The van der Waals surface area contributed by atoms with E-state index in [0.29, 0.717) is 6.61 Å². The van der Waals surface area contributed by atoms with Gasteiger partial charge < -0.3 is 18.9 Å². The molecule has 0 saturated carbocycles. The zero-order valence-corrected chi connectivity index (χ0v) is 15.5. The van der Waals surface area contributed by atoms with Gasteiger partial charge in [0.2, 0.25) is 0 Å². The Kier molecular flexibility index (Phi) is 4.79. The van der Waals surface area contributed by atoms with Crippen molar-refractivity contribution in [2.45, 2.75) is 52.9 Å². The molecule has 0 radical (unpaired) electrons. The summed E-state index contributed by atoms with van der Waals surface area (Å²) < 4.78 is 22.9. The minimum atomic E-state index is -0.556. The monoisotopic (exact) mass is 320 g/mol. The fourth-order valence-electron chi connectivity index (χ4n) is 3.17. The van der Waals surface area contributed by atoms with Crippen molar-refractivity contribution in [3.8, 4) is 11.5 Å². The third-order valence-electron chi connectivity index (χ3n) is 4.43. The van der Waals surface area contributed by atoms with Gasteiger partial charge >= 0.3 is 0 Å². The number of rotatable bonds is 4. The maximum absolute atomic E-state index is 6.00. The van der Waals surface area contributed by atoms with E-state index in [1.807, 2.05) is 46.8 Å². The largest absolute Gasteiger partial charge is 0.496 e. The molecule has 23 heavy (non-hydrogen) atoms. The molecule has 0 N–H and O–H groups in total. The maximum Gasteiger partial charge on any atom is 0.164 e. The van der Waals surface area contributed by atoms with Gasteiger partial charge in [-0.2, -0.15) is 0 Å². The lowest BCUT2D eigenvalue weighted by Gasteiger charge is -2.23. The molecule has 0 spiro atoms. The number of hydrogen-bond acceptors (Lipinski definition) is 4. The molecule has 0 aliphatic carbocycles. The van der Waals surface area contributed by atoms with Crippen LogP contribution in [0, 0.1) is 20.8 Å². The molecule has 0 amide bonds. The average molecular weight is 320 g/mol. The standard InChI is InChI=1S/C19H28O4/c1-12-13(2)17(21-8)15(14(3)16(12)20-7)9-10-19(6)11-22-18(4,5)23-19/h9-10H,11H2,1-8H3/t19-/m0/s1. The van der Waals surface area contributed by atoms with Crippen molar-refractivity contribution < 1.29 is 18.9 Å². The van der Waals surface area contributed by atoms with Crippen molar-refractivity contribution in [3.63, 3.8) is 0 Å². The molecule has 0 unspecified atom stereocenters. The highest BCUT2D eigenvalue weighted by atomic mass is 16.7. The number of benzene rings is 1. The lowest BCUT2D eigenvalue weighted by molar-refractivity contribution is -0.148. The van der Waals surface area contributed by atoms with Crippen LogP contribution in [0.1, 0.15) is 43.0 Å². The maximum atomic E-state index is 6.00. The summed E-state index contributed by atoms with van der Waals surface area (Å²) in [6.07, 6.45) is 4.09. The molecular weight excluding hydrogens is 292 g/mol. The number of methoxy groups -OCH3 is 2. The molecule has 1 aromatic rings. The van der Waals surface area contributed by atoms with Gasteiger partial charge in [0.05, 0.1) is 20.8 Å². The number of ether oxygens (including phenoxy) is 4. The van der Waals surface area contributed by atoms with E-state index in [2.05, 4.69) is 6.92 Å². The second-order valence-corrected chi connectivity index (χ2v) is 6.79. The summed E-state index contributed by atoms with van der Waals surface area (Å²) in [5, 5.41) is 0. The first kappa shape index (κ1) is 17.8. The van der Waals surface area contributed by atoms with E-state index in [4.69, 9.17) is 18.9 Å². The van der Waals surface area contributed by atoms with Gasteiger partial charge in [0.25, 0.3) is 0 Å². The van der Waals surface area contributed by atoms with Gasteiger partial charge in [0, 0.05) is 11.1 Å². The lowest BCUT2D eigenvalue weighted by Crippen LogP contribution is -2.28. The lowest BCUT2D eigenvalue weighted by atomic mass is 9.95. The molecule has 1 fully saturated rings. The van der Waals surface area contributed by atoms with Crippen LogP contribution in [-0.2, 0) is 9.47 Å². The van der Waals surface area contributed by atoms with Gasteiger partial charge in [-0.1, -0.05) is 6.08 Å². The van der Waals surface area contributed by atoms with Crippen molar-refractivity contribution in [3.05, 3.63) is 28.3 Å². The van der Waals surface area contributed by atoms with Gasteiger partial charge in [0.1, 0.15) is 17.1 Å². The van der Waals surface area contributed by atoms with Crippen LogP contribution in [0.15, 0.2) is 6.08 Å². The predicted octanol–water partition coefficient (Wildman–Crippen LogP) is 4.18. The highest BCUT2D eigenvalue weighted by Gasteiger charge is 2.40. The van der Waals surface area contributed by atoms with E-state index in [1.165, 1.54) is 0 Å². The summed E-state index contributed by atoms with van der Waals surface area (Å²) in [4.78, 5) is 0. The molecule has 1 heterocycles. The van der Waals surface area contributed by atoms with Gasteiger partial charge in [-0.3, -0.25) is 0 Å². The van der Waals surface area contributed by atoms with E-state index < -0.39 is 11.4 Å². The van der Waals surface area contributed by atoms with Gasteiger partial charge in [-0.25, -0.2) is 0 Å². The molecule has 4 heteroatoms. The molecule has 1 atom stereocenters. The Morgan fingerprint density at radius 1 is 0.913 bits per heavy atom. The quantitative estimate of drug-likeness (QED) is 0.834. The Balaban J connectivity index is 2.47. The zero-order chi connectivity index (χ0) is 17.4. The topological polar surface area (TPSA) is 36.9 Å². The van der Waals surface area contributed by atoms with E-state index in [9.17, 15) is 0 Å². The molecule has 4 nitrogen and oxygen atoms in total. The van der Waals surface area contributed by atoms with Gasteiger partial charge in [0.15, 0.2) is 5.79 Å². The first-order valence-corrected chi connectivity index (χ1v) is 7.89. The Bertz CT molecular complexity index is 631. The van der Waals surface area contributed by atoms with E-state index >= 15 is 0 Å². The van der Waals surface area contributed by atoms with Crippen LogP contribution in [0.4, 0.5) is 0 Å². The molecule has 1 aromatic carbocycles. The molecule has 1 aliphatic heterocycles. The molecule has 1 saturated heterocycles. The second kappa shape index (κ2) is 6.17. The summed E-state index contributed by atoms with van der Waals surface area (Å²) in [6, 6.07) is 0. The Morgan fingerprint density at radius 2 is 1.48 bits per heavy atom. The van der Waals surface area contributed by atoms with Crippen molar-refractivity contribution in [1.82, 2.24) is 0 Å². The Morgan fingerprint density at radius 3 is 1.96 bits per heavy atom. The van der Waals surface area contributed by atoms with Crippen LogP contribution in [0.5, 0.6) is 11.5 Å². The first-order chi connectivity index (χ1) is 10.6. The summed E-state index contributed by atoms with van der Waals surface area (Å²) in [6.45, 7) is 12.6. The van der Waals surface area contributed by atoms with Crippen molar-refractivity contribution in [2.75, 3.05) is 20.8 Å². The van der Waals surface area contributed by atoms with Crippen LogP contribution in [0.25, 0.3) is 6.08 Å². The molecule has 0 aromatic heterocycles. The molecule has 128 valence electrons. The SMILES string of the molecule is COc1c(C)c(C)c(OC)c(C=C[C@@]2(C)COC(C)(C)O2)c1C. The average Bonchev–Trinajstić information content (AvgIpc) is 2.76. The normalized spacial score (nSPS) is 23.5. The molecule has 0 bridgehead atoms. The second-order valence-electron chi connectivity index (χ2n) is 6.79. The fourth-order valence-corrected chi connectivity index (χ4v) is 3.17. The molecular formula is C19H28O4. The van der Waals surface area contributed by atoms with Gasteiger partial charge in [-0.15, -0.1) is 0 Å². The van der Waals surface area contributed by atoms with Crippen molar-refractivity contribution in [1.29, 1.82) is 0 Å². The minimum Gasteiger partial charge on any atom is -0.496 e. The Labute approximate surface area is 139 Å². The minimum absolute atomic E-state index is 0.451. The van der Waals surface area contributed by atoms with Crippen molar-refractivity contribution >= 4 is 6.08 Å². The summed E-state index contributed by atoms with van der Waals surface area (Å²) in [5.41, 5.74) is 3.82. The van der Waals surface area contributed by atoms with Crippen LogP contribution >= 0.6 is 0 Å². The predicted molar refractivity (Wildman–Crippen MR) is 92.3 cm³/mol.